The van der Waals surface area contributed by atoms with Crippen LogP contribution < -0.4 is 10.5 Å². The van der Waals surface area contributed by atoms with E-state index in [-0.39, 0.29) is 6.04 Å². The van der Waals surface area contributed by atoms with Gasteiger partial charge >= 0.3 is 0 Å². The van der Waals surface area contributed by atoms with Crippen LogP contribution in [0.15, 0.2) is 42.6 Å². The summed E-state index contributed by atoms with van der Waals surface area (Å²) in [5.41, 5.74) is 9.85. The lowest BCUT2D eigenvalue weighted by atomic mass is 9.78. The number of rotatable bonds is 6. The number of aromatic nitrogens is 1. The Bertz CT molecular complexity index is 594. The highest BCUT2D eigenvalue weighted by molar-refractivity contribution is 5.40. The first kappa shape index (κ1) is 14.1. The summed E-state index contributed by atoms with van der Waals surface area (Å²) in [6.07, 6.45) is 4.73. The van der Waals surface area contributed by atoms with Crippen LogP contribution in [0.1, 0.15) is 36.1 Å². The third-order valence-corrected chi connectivity index (χ3v) is 4.21. The molecule has 3 rings (SSSR count). The van der Waals surface area contributed by atoms with Gasteiger partial charge in [-0.15, -0.1) is 0 Å². The number of hydrogen-bond acceptors (Lipinski definition) is 3. The Morgan fingerprint density at radius 2 is 2.14 bits per heavy atom. The van der Waals surface area contributed by atoms with Crippen LogP contribution in [-0.2, 0) is 12.8 Å². The SMILES string of the molecule is CCC(N)Cc1ccc(OCC2Cc3ccccc32)cn1. The van der Waals surface area contributed by atoms with Crippen LogP contribution in [0.25, 0.3) is 0 Å². The van der Waals surface area contributed by atoms with Gasteiger partial charge in [0.1, 0.15) is 5.75 Å². The van der Waals surface area contributed by atoms with Gasteiger partial charge in [-0.25, -0.2) is 0 Å². The fourth-order valence-corrected chi connectivity index (χ4v) is 2.74. The van der Waals surface area contributed by atoms with Gasteiger partial charge in [-0.3, -0.25) is 4.98 Å². The minimum Gasteiger partial charge on any atom is -0.491 e. The van der Waals surface area contributed by atoms with Crippen molar-refractivity contribution in [3.63, 3.8) is 0 Å². The smallest absolute Gasteiger partial charge is 0.137 e. The summed E-state index contributed by atoms with van der Waals surface area (Å²) in [5.74, 6) is 1.36. The Kier molecular flexibility index (Phi) is 4.20. The fraction of sp³-hybridized carbons (Fsp3) is 0.389. The van der Waals surface area contributed by atoms with E-state index in [2.05, 4.69) is 36.2 Å². The Morgan fingerprint density at radius 3 is 2.86 bits per heavy atom. The second-order valence-corrected chi connectivity index (χ2v) is 5.77. The molecule has 2 aromatic rings. The molecular formula is C18H22N2O. The zero-order valence-corrected chi connectivity index (χ0v) is 12.5. The third kappa shape index (κ3) is 3.24. The zero-order chi connectivity index (χ0) is 14.7. The van der Waals surface area contributed by atoms with Gasteiger partial charge in [-0.05, 0) is 36.1 Å². The molecule has 3 nitrogen and oxygen atoms in total. The lowest BCUT2D eigenvalue weighted by molar-refractivity contribution is 0.274. The van der Waals surface area contributed by atoms with Gasteiger partial charge in [0, 0.05) is 24.1 Å². The summed E-state index contributed by atoms with van der Waals surface area (Å²) in [7, 11) is 0. The van der Waals surface area contributed by atoms with E-state index < -0.39 is 0 Å². The number of hydrogen-bond donors (Lipinski definition) is 1. The fourth-order valence-electron chi connectivity index (χ4n) is 2.74. The van der Waals surface area contributed by atoms with Crippen LogP contribution in [0.3, 0.4) is 0 Å². The zero-order valence-electron chi connectivity index (χ0n) is 12.5. The number of fused-ring (bicyclic) bond motifs is 1. The molecule has 21 heavy (non-hydrogen) atoms. The van der Waals surface area contributed by atoms with E-state index >= 15 is 0 Å². The van der Waals surface area contributed by atoms with E-state index in [0.717, 1.165) is 37.3 Å². The number of pyridine rings is 1. The minimum atomic E-state index is 0.191. The van der Waals surface area contributed by atoms with Crippen molar-refractivity contribution in [3.8, 4) is 5.75 Å². The summed E-state index contributed by atoms with van der Waals surface area (Å²) in [5, 5.41) is 0. The van der Waals surface area contributed by atoms with E-state index in [1.54, 1.807) is 0 Å². The van der Waals surface area contributed by atoms with Crippen LogP contribution in [0.2, 0.25) is 0 Å². The Morgan fingerprint density at radius 1 is 1.29 bits per heavy atom. The average molecular weight is 282 g/mol. The van der Waals surface area contributed by atoms with Gasteiger partial charge in [0.2, 0.25) is 0 Å². The van der Waals surface area contributed by atoms with Crippen molar-refractivity contribution < 1.29 is 4.74 Å². The quantitative estimate of drug-likeness (QED) is 0.885. The van der Waals surface area contributed by atoms with Crippen molar-refractivity contribution in [1.29, 1.82) is 0 Å². The summed E-state index contributed by atoms with van der Waals surface area (Å²) < 4.78 is 5.86. The molecule has 3 heteroatoms. The summed E-state index contributed by atoms with van der Waals surface area (Å²) in [6, 6.07) is 12.8. The normalized spacial score (nSPS) is 17.7. The average Bonchev–Trinajstić information content (AvgIpc) is 2.49. The van der Waals surface area contributed by atoms with Crippen LogP contribution >= 0.6 is 0 Å². The lowest BCUT2D eigenvalue weighted by Gasteiger charge is -2.29. The molecule has 0 saturated heterocycles. The van der Waals surface area contributed by atoms with Gasteiger partial charge in [0.05, 0.1) is 12.8 Å². The van der Waals surface area contributed by atoms with Crippen molar-refractivity contribution in [2.24, 2.45) is 5.73 Å². The minimum absolute atomic E-state index is 0.191. The Labute approximate surface area is 126 Å². The van der Waals surface area contributed by atoms with E-state index in [1.165, 1.54) is 11.1 Å². The van der Waals surface area contributed by atoms with Crippen molar-refractivity contribution in [2.75, 3.05) is 6.61 Å². The number of ether oxygens (including phenoxy) is 1. The number of nitrogens with two attached hydrogens (primary N) is 1. The van der Waals surface area contributed by atoms with E-state index in [0.29, 0.717) is 5.92 Å². The standard InChI is InChI=1S/C18H22N2O/c1-2-15(19)10-16-7-8-17(11-20-16)21-12-14-9-13-5-3-4-6-18(13)14/h3-8,11,14-15H,2,9-10,12,19H2,1H3. The van der Waals surface area contributed by atoms with E-state index in [4.69, 9.17) is 10.5 Å². The van der Waals surface area contributed by atoms with Crippen LogP contribution in [0, 0.1) is 0 Å². The molecule has 1 aliphatic rings. The summed E-state index contributed by atoms with van der Waals surface area (Å²) >= 11 is 0. The molecule has 1 aromatic heterocycles. The Hall–Kier alpha value is -1.87. The second-order valence-electron chi connectivity index (χ2n) is 5.77. The summed E-state index contributed by atoms with van der Waals surface area (Å²) in [4.78, 5) is 4.43. The third-order valence-electron chi connectivity index (χ3n) is 4.21. The lowest BCUT2D eigenvalue weighted by Crippen LogP contribution is -2.23. The molecule has 1 heterocycles. The van der Waals surface area contributed by atoms with Crippen molar-refractivity contribution in [2.45, 2.75) is 38.1 Å². The van der Waals surface area contributed by atoms with Gasteiger partial charge in [-0.2, -0.15) is 0 Å². The van der Waals surface area contributed by atoms with Gasteiger partial charge < -0.3 is 10.5 Å². The molecular weight excluding hydrogens is 260 g/mol. The maximum atomic E-state index is 5.94. The molecule has 1 aliphatic carbocycles. The Balaban J connectivity index is 1.53. The first-order valence-corrected chi connectivity index (χ1v) is 7.67. The van der Waals surface area contributed by atoms with Crippen molar-refractivity contribution in [1.82, 2.24) is 4.98 Å². The molecule has 0 aliphatic heterocycles. The molecule has 0 saturated carbocycles. The topological polar surface area (TPSA) is 48.1 Å². The number of benzene rings is 1. The van der Waals surface area contributed by atoms with Crippen molar-refractivity contribution in [3.05, 3.63) is 59.4 Å². The number of nitrogens with zero attached hydrogens (tertiary/aromatic N) is 1. The molecule has 2 unspecified atom stereocenters. The molecule has 1 aromatic carbocycles. The van der Waals surface area contributed by atoms with Gasteiger partial charge in [0.15, 0.2) is 0 Å². The first-order chi connectivity index (χ1) is 10.3. The van der Waals surface area contributed by atoms with Crippen LogP contribution in [0.4, 0.5) is 0 Å². The highest BCUT2D eigenvalue weighted by Gasteiger charge is 2.25. The molecule has 2 atom stereocenters. The van der Waals surface area contributed by atoms with Gasteiger partial charge in [0.25, 0.3) is 0 Å². The predicted octanol–water partition coefficient (Wildman–Crippen LogP) is 3.08. The van der Waals surface area contributed by atoms with Crippen molar-refractivity contribution >= 4 is 0 Å². The van der Waals surface area contributed by atoms with E-state index in [1.807, 2.05) is 18.3 Å². The monoisotopic (exact) mass is 282 g/mol. The second kappa shape index (κ2) is 6.27. The highest BCUT2D eigenvalue weighted by Crippen LogP contribution is 2.34. The molecule has 110 valence electrons. The molecule has 0 fully saturated rings. The maximum absolute atomic E-state index is 5.94. The van der Waals surface area contributed by atoms with Crippen LogP contribution in [-0.4, -0.2) is 17.6 Å². The molecule has 2 N–H and O–H groups in total. The molecule has 0 radical (unpaired) electrons. The van der Waals surface area contributed by atoms with Gasteiger partial charge in [-0.1, -0.05) is 31.2 Å². The predicted molar refractivity (Wildman–Crippen MR) is 84.6 cm³/mol. The molecule has 0 amide bonds. The molecule has 0 bridgehead atoms. The van der Waals surface area contributed by atoms with E-state index in [9.17, 15) is 0 Å². The first-order valence-electron chi connectivity index (χ1n) is 7.67. The highest BCUT2D eigenvalue weighted by atomic mass is 16.5. The molecule has 0 spiro atoms. The largest absolute Gasteiger partial charge is 0.491 e. The summed E-state index contributed by atoms with van der Waals surface area (Å²) in [6.45, 7) is 2.82. The maximum Gasteiger partial charge on any atom is 0.137 e. The van der Waals surface area contributed by atoms with Crippen LogP contribution in [0.5, 0.6) is 5.75 Å².